The SMILES string of the molecule is Cc1ccc2c(C#Cc3ccccc3)c3ccccc3c(C#Cc3ccccc3)c2c1C. The Morgan fingerprint density at radius 3 is 1.53 bits per heavy atom. The summed E-state index contributed by atoms with van der Waals surface area (Å²) in [5.74, 6) is 13.8. The van der Waals surface area contributed by atoms with Crippen molar-refractivity contribution in [3.63, 3.8) is 0 Å². The van der Waals surface area contributed by atoms with Crippen molar-refractivity contribution in [2.45, 2.75) is 13.8 Å². The maximum atomic E-state index is 3.52. The second-order valence-corrected chi connectivity index (χ2v) is 7.96. The fourth-order valence-electron chi connectivity index (χ4n) is 4.12. The van der Waals surface area contributed by atoms with Crippen LogP contribution >= 0.6 is 0 Å². The zero-order valence-electron chi connectivity index (χ0n) is 18.2. The first kappa shape index (κ1) is 19.7. The summed E-state index contributed by atoms with van der Waals surface area (Å²) in [5, 5.41) is 4.65. The molecule has 0 spiro atoms. The van der Waals surface area contributed by atoms with Gasteiger partial charge in [0.05, 0.1) is 0 Å². The van der Waals surface area contributed by atoms with Crippen molar-refractivity contribution >= 4 is 21.5 Å². The van der Waals surface area contributed by atoms with Gasteiger partial charge in [-0.1, -0.05) is 96.5 Å². The molecule has 0 radical (unpaired) electrons. The van der Waals surface area contributed by atoms with E-state index in [2.05, 4.69) is 86.1 Å². The van der Waals surface area contributed by atoms with Gasteiger partial charge in [-0.05, 0) is 65.4 Å². The largest absolute Gasteiger partial charge is 0.0622 e. The average molecular weight is 407 g/mol. The predicted molar refractivity (Wildman–Crippen MR) is 136 cm³/mol. The van der Waals surface area contributed by atoms with Crippen molar-refractivity contribution < 1.29 is 0 Å². The first-order valence-corrected chi connectivity index (χ1v) is 10.8. The van der Waals surface area contributed by atoms with Crippen LogP contribution < -0.4 is 0 Å². The van der Waals surface area contributed by atoms with Gasteiger partial charge >= 0.3 is 0 Å². The molecule has 0 amide bonds. The van der Waals surface area contributed by atoms with Gasteiger partial charge in [0.25, 0.3) is 0 Å². The molecule has 0 unspecified atom stereocenters. The quantitative estimate of drug-likeness (QED) is 0.185. The molecule has 5 aromatic rings. The maximum Gasteiger partial charge on any atom is 0.0409 e. The summed E-state index contributed by atoms with van der Waals surface area (Å²) >= 11 is 0. The molecule has 0 aromatic heterocycles. The van der Waals surface area contributed by atoms with Crippen LogP contribution in [0.25, 0.3) is 21.5 Å². The zero-order valence-corrected chi connectivity index (χ0v) is 18.2. The molecule has 5 aromatic carbocycles. The van der Waals surface area contributed by atoms with Gasteiger partial charge in [-0.15, -0.1) is 0 Å². The van der Waals surface area contributed by atoms with Gasteiger partial charge in [-0.2, -0.15) is 0 Å². The third kappa shape index (κ3) is 3.65. The van der Waals surface area contributed by atoms with Crippen LogP contribution in [0.2, 0.25) is 0 Å². The highest BCUT2D eigenvalue weighted by atomic mass is 14.2. The smallest absolute Gasteiger partial charge is 0.0409 e. The van der Waals surface area contributed by atoms with E-state index in [1.807, 2.05) is 48.5 Å². The van der Waals surface area contributed by atoms with Gasteiger partial charge in [0.2, 0.25) is 0 Å². The summed E-state index contributed by atoms with van der Waals surface area (Å²) in [6.07, 6.45) is 0. The Morgan fingerprint density at radius 2 is 0.938 bits per heavy atom. The van der Waals surface area contributed by atoms with Gasteiger partial charge < -0.3 is 0 Å². The van der Waals surface area contributed by atoms with E-state index in [1.54, 1.807) is 0 Å². The second-order valence-electron chi connectivity index (χ2n) is 7.96. The van der Waals surface area contributed by atoms with E-state index in [9.17, 15) is 0 Å². The van der Waals surface area contributed by atoms with Crippen LogP contribution in [0.3, 0.4) is 0 Å². The summed E-state index contributed by atoms with van der Waals surface area (Å²) in [5.41, 5.74) is 6.69. The predicted octanol–water partition coefficient (Wildman–Crippen LogP) is 7.41. The molecule has 150 valence electrons. The Labute approximate surface area is 189 Å². The topological polar surface area (TPSA) is 0 Å². The minimum Gasteiger partial charge on any atom is -0.0622 e. The van der Waals surface area contributed by atoms with Crippen LogP contribution in [0, 0.1) is 37.5 Å². The monoisotopic (exact) mass is 406 g/mol. The number of benzene rings is 5. The zero-order chi connectivity index (χ0) is 21.9. The van der Waals surface area contributed by atoms with E-state index in [-0.39, 0.29) is 0 Å². The Bertz CT molecular complexity index is 1570. The van der Waals surface area contributed by atoms with E-state index < -0.39 is 0 Å². The van der Waals surface area contributed by atoms with E-state index in [0.717, 1.165) is 38.4 Å². The molecule has 5 rings (SSSR count). The Balaban J connectivity index is 1.86. The molecule has 0 atom stereocenters. The molecule has 0 aliphatic carbocycles. The van der Waals surface area contributed by atoms with Crippen LogP contribution in [-0.2, 0) is 0 Å². The maximum absolute atomic E-state index is 3.52. The highest BCUT2D eigenvalue weighted by Gasteiger charge is 2.14. The molecule has 0 N–H and O–H groups in total. The molecular weight excluding hydrogens is 384 g/mol. The van der Waals surface area contributed by atoms with Crippen molar-refractivity contribution in [1.82, 2.24) is 0 Å². The van der Waals surface area contributed by atoms with Crippen LogP contribution in [0.4, 0.5) is 0 Å². The molecule has 0 saturated heterocycles. The fraction of sp³-hybridized carbons (Fsp3) is 0.0625. The van der Waals surface area contributed by atoms with Crippen molar-refractivity contribution in [2.24, 2.45) is 0 Å². The Kier molecular flexibility index (Phi) is 5.21. The first-order valence-electron chi connectivity index (χ1n) is 10.8. The number of hydrogen-bond acceptors (Lipinski definition) is 0. The summed E-state index contributed by atoms with van der Waals surface area (Å²) in [4.78, 5) is 0. The summed E-state index contributed by atoms with van der Waals surface area (Å²) in [6.45, 7) is 4.35. The summed E-state index contributed by atoms with van der Waals surface area (Å²) in [6, 6.07) is 33.2. The van der Waals surface area contributed by atoms with Crippen molar-refractivity contribution in [2.75, 3.05) is 0 Å². The number of rotatable bonds is 0. The van der Waals surface area contributed by atoms with Gasteiger partial charge in [0.15, 0.2) is 0 Å². The molecular formula is C32H22. The van der Waals surface area contributed by atoms with E-state index in [1.165, 1.54) is 16.5 Å². The van der Waals surface area contributed by atoms with E-state index in [4.69, 9.17) is 0 Å². The van der Waals surface area contributed by atoms with Crippen LogP contribution in [-0.4, -0.2) is 0 Å². The number of aryl methyl sites for hydroxylation is 2. The lowest BCUT2D eigenvalue weighted by Gasteiger charge is -2.14. The number of fused-ring (bicyclic) bond motifs is 2. The lowest BCUT2D eigenvalue weighted by atomic mass is 9.88. The highest BCUT2D eigenvalue weighted by molar-refractivity contribution is 6.11. The third-order valence-electron chi connectivity index (χ3n) is 5.93. The average Bonchev–Trinajstić information content (AvgIpc) is 2.85. The lowest BCUT2D eigenvalue weighted by Crippen LogP contribution is -1.94. The lowest BCUT2D eigenvalue weighted by molar-refractivity contribution is 1.38. The van der Waals surface area contributed by atoms with Crippen molar-refractivity contribution in [1.29, 1.82) is 0 Å². The molecule has 0 heterocycles. The second kappa shape index (κ2) is 8.47. The molecule has 0 saturated carbocycles. The molecule has 0 aliphatic heterocycles. The fourth-order valence-corrected chi connectivity index (χ4v) is 4.12. The molecule has 0 heteroatoms. The van der Waals surface area contributed by atoms with Crippen LogP contribution in [0.1, 0.15) is 33.4 Å². The van der Waals surface area contributed by atoms with E-state index >= 15 is 0 Å². The van der Waals surface area contributed by atoms with Crippen LogP contribution in [0.5, 0.6) is 0 Å². The third-order valence-corrected chi connectivity index (χ3v) is 5.93. The van der Waals surface area contributed by atoms with Gasteiger partial charge in [0.1, 0.15) is 0 Å². The molecule has 0 fully saturated rings. The first-order chi connectivity index (χ1) is 15.7. The minimum atomic E-state index is 1.02. The van der Waals surface area contributed by atoms with Crippen molar-refractivity contribution in [3.8, 4) is 23.7 Å². The summed E-state index contributed by atoms with van der Waals surface area (Å²) in [7, 11) is 0. The number of hydrogen-bond donors (Lipinski definition) is 0. The highest BCUT2D eigenvalue weighted by Crippen LogP contribution is 2.35. The Morgan fingerprint density at radius 1 is 0.438 bits per heavy atom. The molecule has 0 aliphatic rings. The van der Waals surface area contributed by atoms with E-state index in [0.29, 0.717) is 0 Å². The van der Waals surface area contributed by atoms with Gasteiger partial charge in [0, 0.05) is 27.6 Å². The molecule has 0 nitrogen and oxygen atoms in total. The minimum absolute atomic E-state index is 1.02. The van der Waals surface area contributed by atoms with Gasteiger partial charge in [-0.3, -0.25) is 0 Å². The summed E-state index contributed by atoms with van der Waals surface area (Å²) < 4.78 is 0. The Hall–Kier alpha value is -4.26. The standard InChI is InChI=1S/C32H22/c1-23-17-20-30-29(21-18-25-11-5-3-6-12-25)27-15-9-10-16-28(27)31(32(30)24(23)2)22-19-26-13-7-4-8-14-26/h3-17,20H,1-2H3. The van der Waals surface area contributed by atoms with Crippen LogP contribution in [0.15, 0.2) is 97.1 Å². The normalized spacial score (nSPS) is 10.3. The van der Waals surface area contributed by atoms with Gasteiger partial charge in [-0.25, -0.2) is 0 Å². The molecule has 32 heavy (non-hydrogen) atoms. The van der Waals surface area contributed by atoms with Crippen molar-refractivity contribution in [3.05, 3.63) is 130 Å². The molecule has 0 bridgehead atoms.